The Kier molecular flexibility index (Phi) is 5.12. The summed E-state index contributed by atoms with van der Waals surface area (Å²) in [5.74, 6) is 0.423. The first kappa shape index (κ1) is 15.3. The van der Waals surface area contributed by atoms with Gasteiger partial charge in [-0.2, -0.15) is 0 Å². The largest absolute Gasteiger partial charge is 0.492 e. The molecule has 0 fully saturated rings. The maximum atomic E-state index is 11.8. The van der Waals surface area contributed by atoms with Gasteiger partial charge in [-0.25, -0.2) is 13.1 Å². The summed E-state index contributed by atoms with van der Waals surface area (Å²) >= 11 is 0. The zero-order valence-corrected chi connectivity index (χ0v) is 12.2. The van der Waals surface area contributed by atoms with Crippen molar-refractivity contribution in [3.8, 4) is 5.75 Å². The van der Waals surface area contributed by atoms with Crippen molar-refractivity contribution in [2.24, 2.45) is 0 Å². The van der Waals surface area contributed by atoms with Gasteiger partial charge in [0.2, 0.25) is 10.0 Å². The lowest BCUT2D eigenvalue weighted by Crippen LogP contribution is -2.31. The molecule has 0 saturated carbocycles. The van der Waals surface area contributed by atoms with Crippen molar-refractivity contribution in [3.05, 3.63) is 36.7 Å². The van der Waals surface area contributed by atoms with E-state index in [4.69, 9.17) is 10.5 Å². The third kappa shape index (κ3) is 5.40. The van der Waals surface area contributed by atoms with E-state index in [9.17, 15) is 8.42 Å². The van der Waals surface area contributed by atoms with E-state index in [-0.39, 0.29) is 18.9 Å². The topological polar surface area (TPSA) is 112 Å². The number of ether oxygens (including phenoxy) is 1. The molecule has 9 heteroatoms. The highest BCUT2D eigenvalue weighted by Gasteiger charge is 2.10. The van der Waals surface area contributed by atoms with Crippen LogP contribution in [-0.2, 0) is 16.6 Å². The number of anilines is 1. The SMILES string of the molecule is Nc1cccc(OCCS(=O)(=O)NCCn2ccnn2)c1. The highest BCUT2D eigenvalue weighted by molar-refractivity contribution is 7.89. The smallest absolute Gasteiger partial charge is 0.215 e. The summed E-state index contributed by atoms with van der Waals surface area (Å²) in [4.78, 5) is 0. The number of sulfonamides is 1. The van der Waals surface area contributed by atoms with Crippen LogP contribution in [0.25, 0.3) is 0 Å². The maximum Gasteiger partial charge on any atom is 0.215 e. The normalized spacial score (nSPS) is 11.4. The van der Waals surface area contributed by atoms with Gasteiger partial charge in [-0.1, -0.05) is 11.3 Å². The zero-order chi connectivity index (χ0) is 15.1. The average Bonchev–Trinajstić information content (AvgIpc) is 2.91. The second-order valence-corrected chi connectivity index (χ2v) is 6.23. The lowest BCUT2D eigenvalue weighted by atomic mass is 10.3. The second-order valence-electron chi connectivity index (χ2n) is 4.30. The van der Waals surface area contributed by atoms with Crippen molar-refractivity contribution in [2.75, 3.05) is 24.6 Å². The van der Waals surface area contributed by atoms with Gasteiger partial charge in [0.15, 0.2) is 0 Å². The van der Waals surface area contributed by atoms with Crippen molar-refractivity contribution < 1.29 is 13.2 Å². The standard InChI is InChI=1S/C12H17N5O3S/c13-11-2-1-3-12(10-11)20-8-9-21(18,19)15-5-7-17-6-4-14-16-17/h1-4,6,10,15H,5,7-9,13H2. The molecule has 2 aromatic rings. The second kappa shape index (κ2) is 7.04. The van der Waals surface area contributed by atoms with Crippen LogP contribution in [0.1, 0.15) is 0 Å². The summed E-state index contributed by atoms with van der Waals surface area (Å²) in [5.41, 5.74) is 6.17. The number of benzene rings is 1. The molecule has 2 rings (SSSR count). The minimum atomic E-state index is -3.38. The van der Waals surface area contributed by atoms with Crippen molar-refractivity contribution in [3.63, 3.8) is 0 Å². The quantitative estimate of drug-likeness (QED) is 0.656. The summed E-state index contributed by atoms with van der Waals surface area (Å²) in [7, 11) is -3.38. The summed E-state index contributed by atoms with van der Waals surface area (Å²) in [6, 6.07) is 6.84. The van der Waals surface area contributed by atoms with Crippen LogP contribution in [0.4, 0.5) is 5.69 Å². The number of aromatic nitrogens is 3. The Morgan fingerprint density at radius 2 is 2.24 bits per heavy atom. The van der Waals surface area contributed by atoms with Gasteiger partial charge in [0.05, 0.1) is 18.5 Å². The minimum Gasteiger partial charge on any atom is -0.492 e. The minimum absolute atomic E-state index is 0.0577. The molecule has 1 aromatic carbocycles. The molecule has 0 radical (unpaired) electrons. The first-order valence-electron chi connectivity index (χ1n) is 6.35. The molecule has 8 nitrogen and oxygen atoms in total. The van der Waals surface area contributed by atoms with Gasteiger partial charge in [-0.05, 0) is 12.1 Å². The van der Waals surface area contributed by atoms with Crippen LogP contribution < -0.4 is 15.2 Å². The molecule has 3 N–H and O–H groups in total. The third-order valence-electron chi connectivity index (χ3n) is 2.61. The van der Waals surface area contributed by atoms with E-state index in [1.165, 1.54) is 6.20 Å². The Labute approximate surface area is 123 Å². The fourth-order valence-corrected chi connectivity index (χ4v) is 2.46. The van der Waals surface area contributed by atoms with Gasteiger partial charge < -0.3 is 10.5 Å². The van der Waals surface area contributed by atoms with Gasteiger partial charge in [0, 0.05) is 24.5 Å². The van der Waals surface area contributed by atoms with Gasteiger partial charge >= 0.3 is 0 Å². The molecule has 0 spiro atoms. The molecule has 0 amide bonds. The Hall–Kier alpha value is -2.13. The number of rotatable bonds is 8. The van der Waals surface area contributed by atoms with Crippen LogP contribution >= 0.6 is 0 Å². The predicted molar refractivity (Wildman–Crippen MR) is 78.2 cm³/mol. The molecule has 0 aliphatic heterocycles. The van der Waals surface area contributed by atoms with Crippen LogP contribution in [0.5, 0.6) is 5.75 Å². The highest BCUT2D eigenvalue weighted by atomic mass is 32.2. The summed E-state index contributed by atoms with van der Waals surface area (Å²) < 4.78 is 32.9. The van der Waals surface area contributed by atoms with E-state index in [1.54, 1.807) is 35.1 Å². The van der Waals surface area contributed by atoms with Gasteiger partial charge in [0.25, 0.3) is 0 Å². The van der Waals surface area contributed by atoms with Crippen LogP contribution in [-0.4, -0.2) is 42.3 Å². The number of nitrogens with zero attached hydrogens (tertiary/aromatic N) is 3. The zero-order valence-electron chi connectivity index (χ0n) is 11.3. The van der Waals surface area contributed by atoms with Crippen molar-refractivity contribution in [1.29, 1.82) is 0 Å². The number of nitrogen functional groups attached to an aromatic ring is 1. The number of hydrogen-bond donors (Lipinski definition) is 2. The lowest BCUT2D eigenvalue weighted by molar-refractivity contribution is 0.340. The Bertz CT molecular complexity index is 657. The van der Waals surface area contributed by atoms with E-state index in [0.29, 0.717) is 18.0 Å². The van der Waals surface area contributed by atoms with E-state index in [0.717, 1.165) is 0 Å². The molecule has 0 aliphatic rings. The van der Waals surface area contributed by atoms with Crippen molar-refractivity contribution >= 4 is 15.7 Å². The molecular weight excluding hydrogens is 294 g/mol. The summed E-state index contributed by atoms with van der Waals surface area (Å²) in [6.07, 6.45) is 3.20. The van der Waals surface area contributed by atoms with Gasteiger partial charge in [-0.3, -0.25) is 4.68 Å². The van der Waals surface area contributed by atoms with Crippen LogP contribution in [0.3, 0.4) is 0 Å². The first-order valence-corrected chi connectivity index (χ1v) is 8.00. The Morgan fingerprint density at radius 1 is 1.38 bits per heavy atom. The van der Waals surface area contributed by atoms with Crippen molar-refractivity contribution in [2.45, 2.75) is 6.54 Å². The Morgan fingerprint density at radius 3 is 2.95 bits per heavy atom. The van der Waals surface area contributed by atoms with E-state index in [1.807, 2.05) is 0 Å². The lowest BCUT2D eigenvalue weighted by Gasteiger charge is -2.08. The number of hydrogen-bond acceptors (Lipinski definition) is 6. The van der Waals surface area contributed by atoms with E-state index in [2.05, 4.69) is 15.0 Å². The average molecular weight is 311 g/mol. The molecular formula is C12H17N5O3S. The highest BCUT2D eigenvalue weighted by Crippen LogP contribution is 2.14. The maximum absolute atomic E-state index is 11.8. The molecule has 0 bridgehead atoms. The third-order valence-corrected chi connectivity index (χ3v) is 3.96. The summed E-state index contributed by atoms with van der Waals surface area (Å²) in [5, 5.41) is 7.37. The molecule has 1 aromatic heterocycles. The molecule has 0 atom stereocenters. The molecule has 1 heterocycles. The van der Waals surface area contributed by atoms with Crippen LogP contribution in [0.15, 0.2) is 36.7 Å². The molecule has 0 aliphatic carbocycles. The number of nitrogens with one attached hydrogen (secondary N) is 1. The first-order chi connectivity index (χ1) is 10.1. The van der Waals surface area contributed by atoms with Crippen LogP contribution in [0.2, 0.25) is 0 Å². The monoisotopic (exact) mass is 311 g/mol. The number of nitrogens with two attached hydrogens (primary N) is 1. The Balaban J connectivity index is 1.71. The van der Waals surface area contributed by atoms with Gasteiger partial charge in [-0.15, -0.1) is 5.10 Å². The fourth-order valence-electron chi connectivity index (χ4n) is 1.61. The molecule has 0 unspecified atom stereocenters. The van der Waals surface area contributed by atoms with Crippen molar-refractivity contribution in [1.82, 2.24) is 19.7 Å². The van der Waals surface area contributed by atoms with Gasteiger partial charge in [0.1, 0.15) is 12.4 Å². The van der Waals surface area contributed by atoms with E-state index >= 15 is 0 Å². The predicted octanol–water partition coefficient (Wildman–Crippen LogP) is -0.141. The summed E-state index contributed by atoms with van der Waals surface area (Å²) in [6.45, 7) is 0.737. The molecule has 21 heavy (non-hydrogen) atoms. The van der Waals surface area contributed by atoms with Crippen LogP contribution in [0, 0.1) is 0 Å². The van der Waals surface area contributed by atoms with E-state index < -0.39 is 10.0 Å². The molecule has 0 saturated heterocycles. The fraction of sp³-hybridized carbons (Fsp3) is 0.333. The molecule has 114 valence electrons.